The summed E-state index contributed by atoms with van der Waals surface area (Å²) in [7, 11) is 0. The molecule has 0 saturated carbocycles. The monoisotopic (exact) mass is 1180 g/mol. The van der Waals surface area contributed by atoms with Crippen molar-refractivity contribution in [2.75, 3.05) is 26.4 Å². The van der Waals surface area contributed by atoms with Crippen molar-refractivity contribution in [2.24, 2.45) is 0 Å². The summed E-state index contributed by atoms with van der Waals surface area (Å²) in [6.45, 7) is 1.56. The highest BCUT2D eigenvalue weighted by molar-refractivity contribution is 5.76. The van der Waals surface area contributed by atoms with E-state index in [2.05, 4.69) is 24.4 Å². The first-order valence-corrected chi connectivity index (χ1v) is 32.6. The first kappa shape index (κ1) is 74.5. The minimum atomic E-state index is -1.97. The van der Waals surface area contributed by atoms with Crippen LogP contribution in [0.3, 0.4) is 0 Å². The zero-order chi connectivity index (χ0) is 59.7. The van der Waals surface area contributed by atoms with Crippen LogP contribution in [0, 0.1) is 0 Å². The van der Waals surface area contributed by atoms with Crippen molar-refractivity contribution in [3.05, 3.63) is 24.3 Å². The third-order valence-corrected chi connectivity index (χ3v) is 16.5. The molecule has 1 amide bonds. The van der Waals surface area contributed by atoms with Gasteiger partial charge in [-0.05, 0) is 38.5 Å². The zero-order valence-electron chi connectivity index (χ0n) is 50.5. The van der Waals surface area contributed by atoms with E-state index >= 15 is 0 Å². The second-order valence-electron chi connectivity index (χ2n) is 23.6. The van der Waals surface area contributed by atoms with Crippen LogP contribution in [0.2, 0.25) is 0 Å². The van der Waals surface area contributed by atoms with E-state index in [1.54, 1.807) is 6.08 Å². The summed E-state index contributed by atoms with van der Waals surface area (Å²) in [5, 5.41) is 119. The molecular formula is C63H117NO18. The van der Waals surface area contributed by atoms with Crippen molar-refractivity contribution in [1.29, 1.82) is 0 Å². The molecule has 482 valence electrons. The van der Waals surface area contributed by atoms with E-state index in [0.29, 0.717) is 12.8 Å². The fraction of sp³-hybridized carbons (Fsp3) is 0.921. The van der Waals surface area contributed by atoms with Crippen LogP contribution < -0.4 is 5.32 Å². The number of hydrogen-bond donors (Lipinski definition) is 12. The van der Waals surface area contributed by atoms with E-state index in [1.807, 2.05) is 13.0 Å². The molecule has 0 aromatic heterocycles. The summed E-state index contributed by atoms with van der Waals surface area (Å²) in [5.41, 5.74) is 0. The Bertz CT molecular complexity index is 1590. The highest BCUT2D eigenvalue weighted by atomic mass is 16.8. The van der Waals surface area contributed by atoms with E-state index in [-0.39, 0.29) is 18.9 Å². The molecule has 82 heavy (non-hydrogen) atoms. The van der Waals surface area contributed by atoms with Gasteiger partial charge in [0.15, 0.2) is 18.9 Å². The molecule has 19 heteroatoms. The minimum absolute atomic E-state index is 0.245. The van der Waals surface area contributed by atoms with Crippen molar-refractivity contribution >= 4 is 5.91 Å². The number of rotatable bonds is 49. The fourth-order valence-electron chi connectivity index (χ4n) is 11.1. The Kier molecular flexibility index (Phi) is 42.2. The summed E-state index contributed by atoms with van der Waals surface area (Å²) in [6, 6.07) is -0.965. The van der Waals surface area contributed by atoms with Crippen molar-refractivity contribution in [2.45, 2.75) is 343 Å². The lowest BCUT2D eigenvalue weighted by atomic mass is 9.96. The number of aliphatic hydroxyl groups excluding tert-OH is 11. The maximum absolute atomic E-state index is 13.2. The van der Waals surface area contributed by atoms with Gasteiger partial charge in [-0.25, -0.2) is 0 Å². The van der Waals surface area contributed by atoms with Crippen LogP contribution in [0.15, 0.2) is 24.3 Å². The lowest BCUT2D eigenvalue weighted by Gasteiger charge is -2.48. The molecule has 3 heterocycles. The second kappa shape index (κ2) is 46.4. The van der Waals surface area contributed by atoms with Crippen LogP contribution in [0.1, 0.15) is 239 Å². The molecule has 19 nitrogen and oxygen atoms in total. The maximum atomic E-state index is 13.2. The smallest absolute Gasteiger partial charge is 0.220 e. The summed E-state index contributed by atoms with van der Waals surface area (Å²) in [6.07, 6.45) is 24.5. The molecule has 0 aromatic carbocycles. The van der Waals surface area contributed by atoms with E-state index in [1.165, 1.54) is 173 Å². The van der Waals surface area contributed by atoms with Gasteiger partial charge in [-0.1, -0.05) is 218 Å². The molecular weight excluding hydrogens is 1060 g/mol. The Morgan fingerprint density at radius 3 is 1.21 bits per heavy atom. The normalized spacial score (nSPS) is 29.7. The van der Waals surface area contributed by atoms with E-state index in [9.17, 15) is 61.0 Å². The SMILES string of the molecule is CCCC/C=C/C(O)C(COC1OC(CO)C(OC2OC(CO)C(OC3OC(CO)C(O)C(O)C3O)C(O)C2O)C(O)C1O)NC(=O)CCCCCCCCCCCCCCCCCCCCCCC/C=C\CCCCCCCCCC. The third-order valence-electron chi connectivity index (χ3n) is 16.5. The number of carbonyl (C=O) groups is 1. The molecule has 17 unspecified atom stereocenters. The molecule has 0 aliphatic carbocycles. The second-order valence-corrected chi connectivity index (χ2v) is 23.6. The van der Waals surface area contributed by atoms with Crippen LogP contribution in [0.4, 0.5) is 0 Å². The average Bonchev–Trinajstić information content (AvgIpc) is 3.50. The molecule has 0 spiro atoms. The largest absolute Gasteiger partial charge is 0.394 e. The number of aliphatic hydroxyl groups is 11. The highest BCUT2D eigenvalue weighted by Crippen LogP contribution is 2.33. The molecule has 0 aromatic rings. The van der Waals surface area contributed by atoms with E-state index in [0.717, 1.165) is 32.1 Å². The maximum Gasteiger partial charge on any atom is 0.220 e. The van der Waals surface area contributed by atoms with Gasteiger partial charge in [0.1, 0.15) is 73.2 Å². The number of carbonyl (C=O) groups excluding carboxylic acids is 1. The molecule has 0 radical (unpaired) electrons. The molecule has 3 saturated heterocycles. The lowest BCUT2D eigenvalue weighted by molar-refractivity contribution is -0.379. The van der Waals surface area contributed by atoms with Crippen LogP contribution in [-0.4, -0.2) is 193 Å². The van der Waals surface area contributed by atoms with Crippen LogP contribution in [-0.2, 0) is 33.2 Å². The molecule has 3 aliphatic rings. The van der Waals surface area contributed by atoms with Gasteiger partial charge in [0.2, 0.25) is 5.91 Å². The van der Waals surface area contributed by atoms with Crippen molar-refractivity contribution in [3.63, 3.8) is 0 Å². The number of nitrogens with one attached hydrogen (secondary N) is 1. The molecule has 17 atom stereocenters. The number of hydrogen-bond acceptors (Lipinski definition) is 18. The Morgan fingerprint density at radius 2 is 0.780 bits per heavy atom. The molecule has 3 fully saturated rings. The van der Waals surface area contributed by atoms with Crippen molar-refractivity contribution in [1.82, 2.24) is 5.32 Å². The topological polar surface area (TPSA) is 307 Å². The zero-order valence-corrected chi connectivity index (χ0v) is 50.5. The summed E-state index contributed by atoms with van der Waals surface area (Å²) in [5.74, 6) is -0.282. The summed E-state index contributed by atoms with van der Waals surface area (Å²) < 4.78 is 34.0. The first-order chi connectivity index (χ1) is 39.8. The van der Waals surface area contributed by atoms with Crippen molar-refractivity contribution < 1.29 is 89.4 Å². The molecule has 12 N–H and O–H groups in total. The Hall–Kier alpha value is -1.73. The summed E-state index contributed by atoms with van der Waals surface area (Å²) in [4.78, 5) is 13.2. The van der Waals surface area contributed by atoms with Crippen LogP contribution in [0.25, 0.3) is 0 Å². The van der Waals surface area contributed by atoms with Gasteiger partial charge in [0.25, 0.3) is 0 Å². The van der Waals surface area contributed by atoms with Crippen LogP contribution >= 0.6 is 0 Å². The Labute approximate surface area is 492 Å². The molecule has 3 aliphatic heterocycles. The predicted octanol–water partition coefficient (Wildman–Crippen LogP) is 7.10. The Balaban J connectivity index is 1.26. The number of amides is 1. The quantitative estimate of drug-likeness (QED) is 0.0213. The molecule has 0 bridgehead atoms. The van der Waals surface area contributed by atoms with Crippen LogP contribution in [0.5, 0.6) is 0 Å². The third kappa shape index (κ3) is 29.3. The Morgan fingerprint density at radius 1 is 0.427 bits per heavy atom. The minimum Gasteiger partial charge on any atom is -0.394 e. The highest BCUT2D eigenvalue weighted by Gasteiger charge is 2.53. The standard InChI is InChI=1S/C63H117NO18/c1-3-5-7-9-10-11-12-13-14-15-16-17-18-19-20-21-22-23-24-25-26-27-28-29-30-31-32-33-34-35-36-37-39-41-51(69)64-46(47(68)40-38-8-6-4-2)45-77-61-57(75)54(72)59(49(43-66)79-61)82-63-58(76)55(73)60(50(44-67)80-63)81-62-56(74)53(71)52(70)48(42-65)78-62/h15-16,38,40,46-50,52-63,65-68,70-76H,3-14,17-37,39,41-45H2,1-2H3,(H,64,69)/b16-15-,40-38+. The number of unbranched alkanes of at least 4 members (excludes halogenated alkanes) is 31. The van der Waals surface area contributed by atoms with Gasteiger partial charge in [-0.15, -0.1) is 0 Å². The van der Waals surface area contributed by atoms with Crippen molar-refractivity contribution in [3.8, 4) is 0 Å². The predicted molar refractivity (Wildman–Crippen MR) is 314 cm³/mol. The van der Waals surface area contributed by atoms with Gasteiger partial charge in [0.05, 0.1) is 38.6 Å². The number of ether oxygens (including phenoxy) is 6. The summed E-state index contributed by atoms with van der Waals surface area (Å²) >= 11 is 0. The van der Waals surface area contributed by atoms with Gasteiger partial charge in [0, 0.05) is 6.42 Å². The molecule has 3 rings (SSSR count). The van der Waals surface area contributed by atoms with Gasteiger partial charge in [-0.3, -0.25) is 4.79 Å². The average molecular weight is 1180 g/mol. The fourth-order valence-corrected chi connectivity index (χ4v) is 11.1. The number of allylic oxidation sites excluding steroid dienone is 3. The van der Waals surface area contributed by atoms with Gasteiger partial charge >= 0.3 is 0 Å². The van der Waals surface area contributed by atoms with E-state index < -0.39 is 124 Å². The van der Waals surface area contributed by atoms with E-state index in [4.69, 9.17) is 28.4 Å². The lowest BCUT2D eigenvalue weighted by Crippen LogP contribution is -2.66. The van der Waals surface area contributed by atoms with Gasteiger partial charge in [-0.2, -0.15) is 0 Å². The van der Waals surface area contributed by atoms with Gasteiger partial charge < -0.3 is 89.9 Å². The first-order valence-electron chi connectivity index (χ1n) is 32.6.